The van der Waals surface area contributed by atoms with E-state index in [1.165, 1.54) is 25.7 Å². The average Bonchev–Trinajstić information content (AvgIpc) is 2.63. The average molecular weight is 354 g/mol. The van der Waals surface area contributed by atoms with E-state index in [1.54, 1.807) is 0 Å². The Bertz CT molecular complexity index is 264. The topological polar surface area (TPSA) is 60.1 Å². The summed E-state index contributed by atoms with van der Waals surface area (Å²) in [6.07, 6.45) is 13.8. The van der Waals surface area contributed by atoms with Gasteiger partial charge >= 0.3 is 0 Å². The van der Waals surface area contributed by atoms with Crippen molar-refractivity contribution in [3.05, 3.63) is 24.3 Å². The first-order valence-electron chi connectivity index (χ1n) is 10.2. The van der Waals surface area contributed by atoms with Gasteiger partial charge in [0.05, 0.1) is 0 Å². The molecule has 5 heteroatoms. The van der Waals surface area contributed by atoms with Crippen molar-refractivity contribution in [2.75, 3.05) is 65.4 Å². The first kappa shape index (κ1) is 24.3. The molecule has 0 aromatic rings. The summed E-state index contributed by atoms with van der Waals surface area (Å²) in [7, 11) is 0. The van der Waals surface area contributed by atoms with Crippen LogP contribution < -0.4 is 26.6 Å². The lowest BCUT2D eigenvalue weighted by Crippen LogP contribution is -2.19. The van der Waals surface area contributed by atoms with Gasteiger partial charge in [0.15, 0.2) is 0 Å². The van der Waals surface area contributed by atoms with Crippen molar-refractivity contribution < 1.29 is 0 Å². The standard InChI is InChI=1S/C20H43N5/c1-3-21-13-5-7-15-23-17-9-11-19-25-20-12-10-18-24-16-8-6-14-22-4-2/h9-12,21-25H,3-8,13-20H2,1-2H3/b11-9-,12-10-. The molecule has 0 saturated heterocycles. The van der Waals surface area contributed by atoms with Crippen LogP contribution in [-0.4, -0.2) is 65.4 Å². The normalized spacial score (nSPS) is 11.9. The zero-order valence-corrected chi connectivity index (χ0v) is 16.7. The molecule has 0 aromatic carbocycles. The van der Waals surface area contributed by atoms with Crippen molar-refractivity contribution in [2.45, 2.75) is 39.5 Å². The van der Waals surface area contributed by atoms with E-state index in [4.69, 9.17) is 0 Å². The number of hydrogen-bond acceptors (Lipinski definition) is 5. The Hall–Kier alpha value is -0.720. The summed E-state index contributed by atoms with van der Waals surface area (Å²) in [5.41, 5.74) is 0. The van der Waals surface area contributed by atoms with E-state index in [-0.39, 0.29) is 0 Å². The zero-order chi connectivity index (χ0) is 18.3. The first-order valence-corrected chi connectivity index (χ1v) is 10.2. The third-order valence-electron chi connectivity index (χ3n) is 3.80. The number of rotatable bonds is 20. The van der Waals surface area contributed by atoms with Crippen molar-refractivity contribution in [3.63, 3.8) is 0 Å². The molecule has 0 unspecified atom stereocenters. The molecule has 0 aliphatic rings. The third-order valence-corrected chi connectivity index (χ3v) is 3.80. The van der Waals surface area contributed by atoms with Crippen LogP contribution in [0.4, 0.5) is 0 Å². The molecule has 148 valence electrons. The van der Waals surface area contributed by atoms with Gasteiger partial charge in [0.1, 0.15) is 0 Å². The van der Waals surface area contributed by atoms with Gasteiger partial charge in [0.25, 0.3) is 0 Å². The SMILES string of the molecule is CCNCCCCNC/C=C\CNC/C=C\CNCCCCNCC. The molecule has 0 heterocycles. The molecule has 0 bridgehead atoms. The van der Waals surface area contributed by atoms with E-state index < -0.39 is 0 Å². The van der Waals surface area contributed by atoms with Crippen molar-refractivity contribution in [3.8, 4) is 0 Å². The molecule has 0 aliphatic heterocycles. The monoisotopic (exact) mass is 353 g/mol. The fourth-order valence-corrected chi connectivity index (χ4v) is 2.31. The molecule has 5 nitrogen and oxygen atoms in total. The highest BCUT2D eigenvalue weighted by Crippen LogP contribution is 1.85. The van der Waals surface area contributed by atoms with Gasteiger partial charge in [-0.2, -0.15) is 0 Å². The van der Waals surface area contributed by atoms with Gasteiger partial charge in [0, 0.05) is 26.2 Å². The molecule has 0 amide bonds. The second-order valence-electron chi connectivity index (χ2n) is 6.13. The number of unbranched alkanes of at least 4 members (excludes halogenated alkanes) is 2. The summed E-state index contributed by atoms with van der Waals surface area (Å²) in [5, 5.41) is 17.0. The highest BCUT2D eigenvalue weighted by molar-refractivity contribution is 4.89. The molecule has 0 atom stereocenters. The van der Waals surface area contributed by atoms with E-state index in [9.17, 15) is 0 Å². The van der Waals surface area contributed by atoms with Crippen LogP contribution in [0.15, 0.2) is 24.3 Å². The molecule has 0 rings (SSSR count). The molecule has 0 radical (unpaired) electrons. The summed E-state index contributed by atoms with van der Waals surface area (Å²) >= 11 is 0. The number of hydrogen-bond donors (Lipinski definition) is 5. The quantitative estimate of drug-likeness (QED) is 0.170. The molecule has 5 N–H and O–H groups in total. The van der Waals surface area contributed by atoms with Crippen LogP contribution in [0.2, 0.25) is 0 Å². The molecule has 0 fully saturated rings. The van der Waals surface area contributed by atoms with Gasteiger partial charge in [-0.3, -0.25) is 0 Å². The third kappa shape index (κ3) is 23.3. The summed E-state index contributed by atoms with van der Waals surface area (Å²) in [6.45, 7) is 14.7. The van der Waals surface area contributed by atoms with Crippen molar-refractivity contribution in [1.82, 2.24) is 26.6 Å². The maximum Gasteiger partial charge on any atom is 0.0138 e. The van der Waals surface area contributed by atoms with Gasteiger partial charge in [-0.05, 0) is 65.0 Å². The minimum atomic E-state index is 0.935. The Kier molecular flexibility index (Phi) is 22.6. The van der Waals surface area contributed by atoms with Gasteiger partial charge in [-0.15, -0.1) is 0 Å². The van der Waals surface area contributed by atoms with Crippen LogP contribution in [-0.2, 0) is 0 Å². The Morgan fingerprint density at radius 3 is 1.12 bits per heavy atom. The lowest BCUT2D eigenvalue weighted by Gasteiger charge is -2.03. The summed E-state index contributed by atoms with van der Waals surface area (Å²) < 4.78 is 0. The molecular weight excluding hydrogens is 310 g/mol. The van der Waals surface area contributed by atoms with E-state index in [0.717, 1.165) is 65.4 Å². The fourth-order valence-electron chi connectivity index (χ4n) is 2.31. The maximum atomic E-state index is 3.44. The molecule has 25 heavy (non-hydrogen) atoms. The summed E-state index contributed by atoms with van der Waals surface area (Å²) in [6, 6.07) is 0. The molecule has 0 spiro atoms. The first-order chi connectivity index (χ1) is 12.4. The van der Waals surface area contributed by atoms with Gasteiger partial charge in [-0.25, -0.2) is 0 Å². The smallest absolute Gasteiger partial charge is 0.0138 e. The summed E-state index contributed by atoms with van der Waals surface area (Å²) in [4.78, 5) is 0. The zero-order valence-electron chi connectivity index (χ0n) is 16.7. The highest BCUT2D eigenvalue weighted by Gasteiger charge is 1.88. The molecule has 0 aromatic heterocycles. The van der Waals surface area contributed by atoms with Gasteiger partial charge in [0.2, 0.25) is 0 Å². The minimum absolute atomic E-state index is 0.935. The van der Waals surface area contributed by atoms with Crippen LogP contribution in [0.25, 0.3) is 0 Å². The predicted octanol–water partition coefficient (Wildman–Crippen LogP) is 1.65. The van der Waals surface area contributed by atoms with Crippen LogP contribution in [0.5, 0.6) is 0 Å². The van der Waals surface area contributed by atoms with E-state index in [1.807, 2.05) is 0 Å². The van der Waals surface area contributed by atoms with Crippen molar-refractivity contribution in [1.29, 1.82) is 0 Å². The predicted molar refractivity (Wildman–Crippen MR) is 112 cm³/mol. The Morgan fingerprint density at radius 1 is 0.440 bits per heavy atom. The lowest BCUT2D eigenvalue weighted by molar-refractivity contribution is 0.608. The van der Waals surface area contributed by atoms with E-state index in [2.05, 4.69) is 64.7 Å². The van der Waals surface area contributed by atoms with Gasteiger partial charge < -0.3 is 26.6 Å². The molecular formula is C20H43N5. The fraction of sp³-hybridized carbons (Fsp3) is 0.800. The second kappa shape index (κ2) is 23.3. The lowest BCUT2D eigenvalue weighted by atomic mass is 10.3. The van der Waals surface area contributed by atoms with Crippen LogP contribution in [0, 0.1) is 0 Å². The van der Waals surface area contributed by atoms with Crippen LogP contribution in [0.1, 0.15) is 39.5 Å². The molecule has 0 saturated carbocycles. The Balaban J connectivity index is 3.13. The van der Waals surface area contributed by atoms with Gasteiger partial charge in [-0.1, -0.05) is 38.2 Å². The Labute approximate surface area is 156 Å². The number of nitrogens with one attached hydrogen (secondary N) is 5. The second-order valence-corrected chi connectivity index (χ2v) is 6.13. The van der Waals surface area contributed by atoms with Crippen molar-refractivity contribution in [2.24, 2.45) is 0 Å². The van der Waals surface area contributed by atoms with E-state index >= 15 is 0 Å². The van der Waals surface area contributed by atoms with Crippen LogP contribution >= 0.6 is 0 Å². The van der Waals surface area contributed by atoms with Crippen LogP contribution in [0.3, 0.4) is 0 Å². The van der Waals surface area contributed by atoms with E-state index in [0.29, 0.717) is 0 Å². The maximum absolute atomic E-state index is 3.44. The minimum Gasteiger partial charge on any atom is -0.317 e. The van der Waals surface area contributed by atoms with Crippen molar-refractivity contribution >= 4 is 0 Å². The summed E-state index contributed by atoms with van der Waals surface area (Å²) in [5.74, 6) is 0. The highest BCUT2D eigenvalue weighted by atomic mass is 14.9. The largest absolute Gasteiger partial charge is 0.317 e. The Morgan fingerprint density at radius 2 is 0.760 bits per heavy atom. The molecule has 0 aliphatic carbocycles.